The second-order valence-corrected chi connectivity index (χ2v) is 4.60. The van der Waals surface area contributed by atoms with E-state index in [1.165, 1.54) is 12.8 Å². The largest absolute Gasteiger partial charge is 0.344 e. The highest BCUT2D eigenvalue weighted by molar-refractivity contribution is 7.13. The van der Waals surface area contributed by atoms with Crippen LogP contribution in [-0.2, 0) is 0 Å². The predicted octanol–water partition coefficient (Wildman–Crippen LogP) is 2.66. The topological polar surface area (TPSA) is 16.1 Å². The molecule has 2 nitrogen and oxygen atoms in total. The molecular weight excluding hydrogens is 204 g/mol. The summed E-state index contributed by atoms with van der Waals surface area (Å²) >= 11 is 7.48. The zero-order valence-electron chi connectivity index (χ0n) is 7.66. The van der Waals surface area contributed by atoms with Gasteiger partial charge >= 0.3 is 0 Å². The van der Waals surface area contributed by atoms with E-state index < -0.39 is 0 Å². The van der Waals surface area contributed by atoms with E-state index in [1.807, 2.05) is 6.92 Å². The quantitative estimate of drug-likeness (QED) is 0.720. The Balaban J connectivity index is 2.10. The molecule has 0 saturated heterocycles. The summed E-state index contributed by atoms with van der Waals surface area (Å²) < 4.78 is 0. The number of alkyl halides is 1. The number of nitrogens with zero attached hydrogens (tertiary/aromatic N) is 2. The SMILES string of the molecule is Cc1csc(N(CCCl)C2CC2)n1. The number of aromatic nitrogens is 1. The van der Waals surface area contributed by atoms with Gasteiger partial charge in [-0.1, -0.05) is 0 Å². The molecule has 13 heavy (non-hydrogen) atoms. The minimum atomic E-state index is 0.690. The van der Waals surface area contributed by atoms with Gasteiger partial charge in [-0.2, -0.15) is 0 Å². The van der Waals surface area contributed by atoms with E-state index in [4.69, 9.17) is 11.6 Å². The summed E-state index contributed by atoms with van der Waals surface area (Å²) in [5.41, 5.74) is 1.11. The molecule has 0 aromatic carbocycles. The molecule has 1 heterocycles. The van der Waals surface area contributed by atoms with Gasteiger partial charge in [0.15, 0.2) is 5.13 Å². The molecule has 0 spiro atoms. The Labute approximate surface area is 87.5 Å². The fourth-order valence-corrected chi connectivity index (χ4v) is 2.47. The molecule has 0 unspecified atom stereocenters. The Bertz CT molecular complexity index is 283. The predicted molar refractivity (Wildman–Crippen MR) is 57.9 cm³/mol. The van der Waals surface area contributed by atoms with Crippen LogP contribution < -0.4 is 4.90 Å². The van der Waals surface area contributed by atoms with Gasteiger partial charge in [0.25, 0.3) is 0 Å². The van der Waals surface area contributed by atoms with Crippen molar-refractivity contribution in [2.75, 3.05) is 17.3 Å². The fourth-order valence-electron chi connectivity index (χ4n) is 1.39. The van der Waals surface area contributed by atoms with Gasteiger partial charge in [0, 0.05) is 23.8 Å². The van der Waals surface area contributed by atoms with Crippen LogP contribution >= 0.6 is 22.9 Å². The van der Waals surface area contributed by atoms with E-state index in [0.717, 1.165) is 17.4 Å². The van der Waals surface area contributed by atoms with Crippen LogP contribution in [0.15, 0.2) is 5.38 Å². The molecule has 1 fully saturated rings. The third-order valence-corrected chi connectivity index (χ3v) is 3.33. The van der Waals surface area contributed by atoms with Crippen LogP contribution in [0.2, 0.25) is 0 Å². The highest BCUT2D eigenvalue weighted by atomic mass is 35.5. The van der Waals surface area contributed by atoms with E-state index in [-0.39, 0.29) is 0 Å². The average molecular weight is 217 g/mol. The summed E-state index contributed by atoms with van der Waals surface area (Å²) in [7, 11) is 0. The van der Waals surface area contributed by atoms with Gasteiger partial charge in [-0.3, -0.25) is 0 Å². The zero-order valence-corrected chi connectivity index (χ0v) is 9.24. The highest BCUT2D eigenvalue weighted by Gasteiger charge is 2.30. The summed E-state index contributed by atoms with van der Waals surface area (Å²) in [6, 6.07) is 0.712. The van der Waals surface area contributed by atoms with Gasteiger partial charge in [0.05, 0.1) is 5.69 Å². The summed E-state index contributed by atoms with van der Waals surface area (Å²) in [6.45, 7) is 2.96. The zero-order chi connectivity index (χ0) is 9.26. The smallest absolute Gasteiger partial charge is 0.185 e. The van der Waals surface area contributed by atoms with Crippen LogP contribution in [0.3, 0.4) is 0 Å². The molecule has 4 heteroatoms. The minimum Gasteiger partial charge on any atom is -0.344 e. The van der Waals surface area contributed by atoms with Gasteiger partial charge in [-0.25, -0.2) is 4.98 Å². The molecule has 1 aromatic heterocycles. The van der Waals surface area contributed by atoms with Crippen molar-refractivity contribution in [1.29, 1.82) is 0 Å². The summed E-state index contributed by atoms with van der Waals surface area (Å²) in [6.07, 6.45) is 2.60. The molecule has 0 amide bonds. The van der Waals surface area contributed by atoms with Crippen molar-refractivity contribution >= 4 is 28.1 Å². The molecule has 1 aliphatic rings. The molecule has 0 aliphatic heterocycles. The van der Waals surface area contributed by atoms with Crippen molar-refractivity contribution < 1.29 is 0 Å². The molecule has 72 valence electrons. The summed E-state index contributed by atoms with van der Waals surface area (Å²) in [5.74, 6) is 0.690. The summed E-state index contributed by atoms with van der Waals surface area (Å²) in [4.78, 5) is 6.81. The van der Waals surface area contributed by atoms with Crippen LogP contribution in [0.1, 0.15) is 18.5 Å². The monoisotopic (exact) mass is 216 g/mol. The lowest BCUT2D eigenvalue weighted by Gasteiger charge is -2.19. The third-order valence-electron chi connectivity index (χ3n) is 2.17. The number of thiazole rings is 1. The number of hydrogen-bond acceptors (Lipinski definition) is 3. The Hall–Kier alpha value is -0.280. The Morgan fingerprint density at radius 3 is 2.92 bits per heavy atom. The lowest BCUT2D eigenvalue weighted by Crippen LogP contribution is -2.27. The molecule has 1 aromatic rings. The first-order chi connectivity index (χ1) is 6.31. The first-order valence-electron chi connectivity index (χ1n) is 4.56. The number of anilines is 1. The van der Waals surface area contributed by atoms with Crippen LogP contribution in [0.4, 0.5) is 5.13 Å². The molecular formula is C9H13ClN2S. The molecule has 0 atom stereocenters. The normalized spacial score (nSPS) is 16.2. The van der Waals surface area contributed by atoms with Gasteiger partial charge in [-0.15, -0.1) is 22.9 Å². The first-order valence-corrected chi connectivity index (χ1v) is 5.97. The summed E-state index contributed by atoms with van der Waals surface area (Å²) in [5, 5.41) is 3.24. The molecule has 1 aliphatic carbocycles. The first kappa shape index (κ1) is 9.28. The third kappa shape index (κ3) is 2.15. The van der Waals surface area contributed by atoms with E-state index in [2.05, 4.69) is 15.3 Å². The van der Waals surface area contributed by atoms with Gasteiger partial charge in [0.1, 0.15) is 0 Å². The Kier molecular flexibility index (Phi) is 2.74. The standard InChI is InChI=1S/C9H13ClN2S/c1-7-6-13-9(11-7)12(5-4-10)8-2-3-8/h6,8H,2-5H2,1H3. The second-order valence-electron chi connectivity index (χ2n) is 3.39. The van der Waals surface area contributed by atoms with Crippen molar-refractivity contribution in [2.24, 2.45) is 0 Å². The maximum atomic E-state index is 5.76. The molecule has 0 radical (unpaired) electrons. The average Bonchev–Trinajstić information content (AvgIpc) is 2.85. The van der Waals surface area contributed by atoms with Crippen LogP contribution in [-0.4, -0.2) is 23.5 Å². The molecule has 0 bridgehead atoms. The number of aryl methyl sites for hydroxylation is 1. The van der Waals surface area contributed by atoms with Crippen molar-refractivity contribution in [1.82, 2.24) is 4.98 Å². The van der Waals surface area contributed by atoms with Crippen LogP contribution in [0.25, 0.3) is 0 Å². The highest BCUT2D eigenvalue weighted by Crippen LogP contribution is 2.33. The van der Waals surface area contributed by atoms with E-state index in [0.29, 0.717) is 11.9 Å². The molecule has 1 saturated carbocycles. The second kappa shape index (κ2) is 3.84. The van der Waals surface area contributed by atoms with Crippen molar-refractivity contribution in [2.45, 2.75) is 25.8 Å². The number of rotatable bonds is 4. The molecule has 2 rings (SSSR count). The van der Waals surface area contributed by atoms with Crippen molar-refractivity contribution in [3.8, 4) is 0 Å². The van der Waals surface area contributed by atoms with E-state index in [1.54, 1.807) is 11.3 Å². The maximum absolute atomic E-state index is 5.76. The van der Waals surface area contributed by atoms with Crippen LogP contribution in [0, 0.1) is 6.92 Å². The number of hydrogen-bond donors (Lipinski definition) is 0. The Morgan fingerprint density at radius 2 is 2.46 bits per heavy atom. The van der Waals surface area contributed by atoms with Crippen LogP contribution in [0.5, 0.6) is 0 Å². The Morgan fingerprint density at radius 1 is 1.69 bits per heavy atom. The maximum Gasteiger partial charge on any atom is 0.185 e. The van der Waals surface area contributed by atoms with Crippen molar-refractivity contribution in [3.63, 3.8) is 0 Å². The lowest BCUT2D eigenvalue weighted by molar-refractivity contribution is 0.822. The molecule has 0 N–H and O–H groups in total. The lowest BCUT2D eigenvalue weighted by atomic mass is 10.5. The van der Waals surface area contributed by atoms with Gasteiger partial charge < -0.3 is 4.90 Å². The van der Waals surface area contributed by atoms with Crippen molar-refractivity contribution in [3.05, 3.63) is 11.1 Å². The number of halogens is 1. The van der Waals surface area contributed by atoms with Gasteiger partial charge in [-0.05, 0) is 19.8 Å². The van der Waals surface area contributed by atoms with E-state index in [9.17, 15) is 0 Å². The van der Waals surface area contributed by atoms with Gasteiger partial charge in [0.2, 0.25) is 0 Å². The minimum absolute atomic E-state index is 0.690. The van der Waals surface area contributed by atoms with E-state index >= 15 is 0 Å². The fraction of sp³-hybridized carbons (Fsp3) is 0.667.